The van der Waals surface area contributed by atoms with Crippen LogP contribution in [0.15, 0.2) is 30.3 Å². The van der Waals surface area contributed by atoms with Crippen LogP contribution in [0.3, 0.4) is 0 Å². The molecule has 0 amide bonds. The van der Waals surface area contributed by atoms with Gasteiger partial charge in [-0.25, -0.2) is 4.98 Å². The van der Waals surface area contributed by atoms with E-state index in [1.807, 2.05) is 6.07 Å². The first-order valence-corrected chi connectivity index (χ1v) is 7.71. The molecular weight excluding hydrogens is 291 g/mol. The quantitative estimate of drug-likeness (QED) is 0.858. The number of hydrogen-bond acceptors (Lipinski definition) is 5. The predicted molar refractivity (Wildman–Crippen MR) is 86.5 cm³/mol. The van der Waals surface area contributed by atoms with Crippen molar-refractivity contribution in [1.29, 1.82) is 5.26 Å². The topological polar surface area (TPSA) is 75.4 Å². The summed E-state index contributed by atoms with van der Waals surface area (Å²) in [6, 6.07) is 11.0. The molecule has 0 spiro atoms. The maximum absolute atomic E-state index is 9.63. The van der Waals surface area contributed by atoms with Crippen LogP contribution in [0.5, 0.6) is 11.6 Å². The monoisotopic (exact) mass is 308 g/mol. The maximum Gasteiger partial charge on any atom is 0.491 e. The zero-order valence-corrected chi connectivity index (χ0v) is 13.0. The highest BCUT2D eigenvalue weighted by Crippen LogP contribution is 2.24. The molecule has 1 aromatic heterocycles. The minimum Gasteiger partial charge on any atom is -0.439 e. The van der Waals surface area contributed by atoms with Gasteiger partial charge in [-0.2, -0.15) is 5.26 Å². The van der Waals surface area contributed by atoms with E-state index < -0.39 is 7.12 Å². The van der Waals surface area contributed by atoms with E-state index in [2.05, 4.69) is 18.0 Å². The van der Waals surface area contributed by atoms with E-state index in [4.69, 9.17) is 14.7 Å². The van der Waals surface area contributed by atoms with E-state index in [1.165, 1.54) is 0 Å². The number of hydrogen-bond donors (Lipinski definition) is 1. The van der Waals surface area contributed by atoms with E-state index in [0.717, 1.165) is 36.0 Å². The van der Waals surface area contributed by atoms with Crippen LogP contribution in [-0.4, -0.2) is 17.1 Å². The molecular formula is C17H17BN2O3. The Kier molecular flexibility index (Phi) is 4.61. The first kappa shape index (κ1) is 15.5. The van der Waals surface area contributed by atoms with Crippen molar-refractivity contribution in [2.45, 2.75) is 32.8 Å². The van der Waals surface area contributed by atoms with Crippen molar-refractivity contribution in [2.75, 3.05) is 0 Å². The van der Waals surface area contributed by atoms with Crippen molar-refractivity contribution < 1.29 is 14.4 Å². The Morgan fingerprint density at radius 1 is 1.39 bits per heavy atom. The van der Waals surface area contributed by atoms with E-state index in [9.17, 15) is 5.02 Å². The molecule has 116 valence electrons. The van der Waals surface area contributed by atoms with Crippen molar-refractivity contribution in [2.24, 2.45) is 0 Å². The molecule has 0 saturated carbocycles. The molecule has 1 aliphatic rings. The predicted octanol–water partition coefficient (Wildman–Crippen LogP) is 2.31. The Balaban J connectivity index is 1.81. The molecule has 0 unspecified atom stereocenters. The number of rotatable bonds is 5. The van der Waals surface area contributed by atoms with Crippen LogP contribution in [0.2, 0.25) is 0 Å². The molecule has 5 nitrogen and oxygen atoms in total. The molecule has 2 aromatic rings. The SMILES string of the molecule is CCCCc1nc(Oc2ccc3c(c2)COB3O)ccc1C#N. The highest BCUT2D eigenvalue weighted by Gasteiger charge is 2.27. The average Bonchev–Trinajstić information content (AvgIpc) is 2.94. The summed E-state index contributed by atoms with van der Waals surface area (Å²) in [5.74, 6) is 1.11. The summed E-state index contributed by atoms with van der Waals surface area (Å²) in [5.41, 5.74) is 3.05. The Morgan fingerprint density at radius 3 is 3.04 bits per heavy atom. The Bertz CT molecular complexity index is 758. The van der Waals surface area contributed by atoms with Gasteiger partial charge in [0.05, 0.1) is 17.9 Å². The molecule has 0 radical (unpaired) electrons. The van der Waals surface area contributed by atoms with Crippen LogP contribution >= 0.6 is 0 Å². The number of aryl methyl sites for hydroxylation is 1. The fraction of sp³-hybridized carbons (Fsp3) is 0.294. The molecule has 0 saturated heterocycles. The molecule has 0 bridgehead atoms. The van der Waals surface area contributed by atoms with E-state index >= 15 is 0 Å². The van der Waals surface area contributed by atoms with Gasteiger partial charge in [-0.3, -0.25) is 0 Å². The Labute approximate surface area is 135 Å². The molecule has 2 heterocycles. The van der Waals surface area contributed by atoms with Crippen LogP contribution in [0, 0.1) is 11.3 Å². The summed E-state index contributed by atoms with van der Waals surface area (Å²) in [4.78, 5) is 4.46. The van der Waals surface area contributed by atoms with Crippen LogP contribution in [0.4, 0.5) is 0 Å². The zero-order valence-electron chi connectivity index (χ0n) is 13.0. The van der Waals surface area contributed by atoms with Crippen molar-refractivity contribution in [3.8, 4) is 17.7 Å². The van der Waals surface area contributed by atoms with Gasteiger partial charge in [0.25, 0.3) is 0 Å². The zero-order chi connectivity index (χ0) is 16.2. The lowest BCUT2D eigenvalue weighted by molar-refractivity contribution is 0.275. The third-order valence-electron chi connectivity index (χ3n) is 3.84. The maximum atomic E-state index is 9.63. The molecule has 1 aromatic carbocycles. The van der Waals surface area contributed by atoms with Crippen molar-refractivity contribution in [1.82, 2.24) is 4.98 Å². The van der Waals surface area contributed by atoms with Gasteiger partial charge in [-0.1, -0.05) is 19.4 Å². The highest BCUT2D eigenvalue weighted by molar-refractivity contribution is 6.61. The van der Waals surface area contributed by atoms with Crippen molar-refractivity contribution >= 4 is 12.6 Å². The van der Waals surface area contributed by atoms with Crippen LogP contribution in [0.1, 0.15) is 36.6 Å². The van der Waals surface area contributed by atoms with Crippen LogP contribution in [0.25, 0.3) is 0 Å². The largest absolute Gasteiger partial charge is 0.491 e. The van der Waals surface area contributed by atoms with E-state index in [-0.39, 0.29) is 0 Å². The van der Waals surface area contributed by atoms with Gasteiger partial charge in [-0.05, 0) is 42.1 Å². The number of benzene rings is 1. The molecule has 23 heavy (non-hydrogen) atoms. The molecule has 0 fully saturated rings. The van der Waals surface area contributed by atoms with Gasteiger partial charge < -0.3 is 14.4 Å². The second-order valence-corrected chi connectivity index (χ2v) is 5.49. The van der Waals surface area contributed by atoms with Gasteiger partial charge in [-0.15, -0.1) is 0 Å². The summed E-state index contributed by atoms with van der Waals surface area (Å²) in [7, 11) is -0.854. The second-order valence-electron chi connectivity index (χ2n) is 5.49. The summed E-state index contributed by atoms with van der Waals surface area (Å²) in [6.45, 7) is 2.48. The number of pyridine rings is 1. The smallest absolute Gasteiger partial charge is 0.439 e. The standard InChI is InChI=1S/C17H17BN2O3/c1-2-3-4-16-12(10-19)5-8-17(20-16)23-14-6-7-15-13(9-14)11-22-18(15)21/h5-9,21H,2-4,11H2,1H3. The molecule has 1 aliphatic heterocycles. The molecule has 0 atom stereocenters. The minimum absolute atomic E-state index is 0.371. The van der Waals surface area contributed by atoms with Crippen molar-refractivity contribution in [3.63, 3.8) is 0 Å². The van der Waals surface area contributed by atoms with Gasteiger partial charge >= 0.3 is 7.12 Å². The number of unbranched alkanes of at least 4 members (excludes halogenated alkanes) is 1. The Hall–Kier alpha value is -2.36. The molecule has 0 aliphatic carbocycles. The van der Waals surface area contributed by atoms with Gasteiger partial charge in [0.1, 0.15) is 11.8 Å². The average molecular weight is 308 g/mol. The summed E-state index contributed by atoms with van der Waals surface area (Å²) in [5, 5.41) is 18.8. The highest BCUT2D eigenvalue weighted by atomic mass is 16.5. The second kappa shape index (κ2) is 6.82. The number of nitrogens with zero attached hydrogens (tertiary/aromatic N) is 2. The summed E-state index contributed by atoms with van der Waals surface area (Å²) < 4.78 is 11.0. The lowest BCUT2D eigenvalue weighted by Gasteiger charge is -2.09. The fourth-order valence-electron chi connectivity index (χ4n) is 2.57. The number of nitriles is 1. The van der Waals surface area contributed by atoms with E-state index in [1.54, 1.807) is 24.3 Å². The van der Waals surface area contributed by atoms with Crippen molar-refractivity contribution in [3.05, 3.63) is 47.2 Å². The van der Waals surface area contributed by atoms with Crippen LogP contribution in [-0.2, 0) is 17.7 Å². The lowest BCUT2D eigenvalue weighted by Crippen LogP contribution is -2.27. The minimum atomic E-state index is -0.854. The fourth-order valence-corrected chi connectivity index (χ4v) is 2.57. The van der Waals surface area contributed by atoms with E-state index in [0.29, 0.717) is 23.8 Å². The summed E-state index contributed by atoms with van der Waals surface area (Å²) >= 11 is 0. The lowest BCUT2D eigenvalue weighted by atomic mass is 9.80. The number of aromatic nitrogens is 1. The molecule has 6 heteroatoms. The third kappa shape index (κ3) is 3.36. The first-order valence-electron chi connectivity index (χ1n) is 7.71. The molecule has 3 rings (SSSR count). The molecule has 1 N–H and O–H groups in total. The Morgan fingerprint density at radius 2 is 2.26 bits per heavy atom. The summed E-state index contributed by atoms with van der Waals surface area (Å²) in [6.07, 6.45) is 2.80. The number of ether oxygens (including phenoxy) is 1. The first-order chi connectivity index (χ1) is 11.2. The third-order valence-corrected chi connectivity index (χ3v) is 3.84. The van der Waals surface area contributed by atoms with Gasteiger partial charge in [0.2, 0.25) is 5.88 Å². The van der Waals surface area contributed by atoms with Gasteiger partial charge in [0, 0.05) is 6.07 Å². The number of fused-ring (bicyclic) bond motifs is 1. The van der Waals surface area contributed by atoms with Crippen LogP contribution < -0.4 is 10.2 Å². The van der Waals surface area contributed by atoms with Gasteiger partial charge in [0.15, 0.2) is 0 Å². The normalized spacial score (nSPS) is 12.8.